The SMILES string of the molecule is COc1ccc(OC)c(-c2csc(NC(=O)CNC(=O)c3ccc(C)c(C)c3)n2)c1. The number of benzene rings is 2. The van der Waals surface area contributed by atoms with E-state index in [1.165, 1.54) is 11.3 Å². The molecule has 1 aromatic heterocycles. The van der Waals surface area contributed by atoms with Crippen molar-refractivity contribution in [3.05, 3.63) is 58.5 Å². The minimum Gasteiger partial charge on any atom is -0.497 e. The highest BCUT2D eigenvalue weighted by Crippen LogP contribution is 2.34. The van der Waals surface area contributed by atoms with E-state index in [9.17, 15) is 9.59 Å². The summed E-state index contributed by atoms with van der Waals surface area (Å²) in [6.45, 7) is 3.77. The summed E-state index contributed by atoms with van der Waals surface area (Å²) >= 11 is 1.29. The van der Waals surface area contributed by atoms with Crippen molar-refractivity contribution < 1.29 is 19.1 Å². The van der Waals surface area contributed by atoms with Crippen LogP contribution in [0.1, 0.15) is 21.5 Å². The van der Waals surface area contributed by atoms with Crippen molar-refractivity contribution in [3.8, 4) is 22.8 Å². The van der Waals surface area contributed by atoms with Crippen LogP contribution in [0.5, 0.6) is 11.5 Å². The van der Waals surface area contributed by atoms with Crippen LogP contribution in [0.2, 0.25) is 0 Å². The van der Waals surface area contributed by atoms with Crippen LogP contribution < -0.4 is 20.1 Å². The number of hydrogen-bond acceptors (Lipinski definition) is 6. The molecule has 0 radical (unpaired) electrons. The van der Waals surface area contributed by atoms with Crippen molar-refractivity contribution >= 4 is 28.3 Å². The number of anilines is 1. The van der Waals surface area contributed by atoms with Crippen LogP contribution in [-0.4, -0.2) is 37.6 Å². The molecular formula is C22H23N3O4S. The molecule has 0 aliphatic heterocycles. The molecule has 3 rings (SSSR count). The van der Waals surface area contributed by atoms with Crippen LogP contribution in [0.3, 0.4) is 0 Å². The van der Waals surface area contributed by atoms with Crippen LogP contribution in [0.25, 0.3) is 11.3 Å². The molecule has 0 aliphatic carbocycles. The summed E-state index contributed by atoms with van der Waals surface area (Å²) in [6, 6.07) is 10.8. The van der Waals surface area contributed by atoms with Gasteiger partial charge in [-0.3, -0.25) is 9.59 Å². The third kappa shape index (κ3) is 4.96. The minimum absolute atomic E-state index is 0.150. The van der Waals surface area contributed by atoms with E-state index in [1.807, 2.05) is 31.4 Å². The van der Waals surface area contributed by atoms with Gasteiger partial charge in [-0.1, -0.05) is 6.07 Å². The first-order valence-electron chi connectivity index (χ1n) is 9.24. The molecule has 2 N–H and O–H groups in total. The van der Waals surface area contributed by atoms with Crippen LogP contribution in [0.15, 0.2) is 41.8 Å². The number of aryl methyl sites for hydroxylation is 2. The number of methoxy groups -OCH3 is 2. The Morgan fingerprint density at radius 1 is 1.03 bits per heavy atom. The zero-order valence-electron chi connectivity index (χ0n) is 17.2. The monoisotopic (exact) mass is 425 g/mol. The van der Waals surface area contributed by atoms with E-state index in [4.69, 9.17) is 9.47 Å². The van der Waals surface area contributed by atoms with Crippen LogP contribution in [-0.2, 0) is 4.79 Å². The number of ether oxygens (including phenoxy) is 2. The number of rotatable bonds is 7. The molecule has 0 aliphatic rings. The maximum absolute atomic E-state index is 12.3. The van der Waals surface area contributed by atoms with Crippen LogP contribution in [0, 0.1) is 13.8 Å². The lowest BCUT2D eigenvalue weighted by molar-refractivity contribution is -0.115. The maximum atomic E-state index is 12.3. The fraction of sp³-hybridized carbons (Fsp3) is 0.227. The van der Waals surface area contributed by atoms with Crippen molar-refractivity contribution in [2.75, 3.05) is 26.1 Å². The maximum Gasteiger partial charge on any atom is 0.251 e. The van der Waals surface area contributed by atoms with Gasteiger partial charge in [0.1, 0.15) is 11.5 Å². The Labute approximate surface area is 179 Å². The van der Waals surface area contributed by atoms with Crippen molar-refractivity contribution in [1.29, 1.82) is 0 Å². The lowest BCUT2D eigenvalue weighted by Crippen LogP contribution is -2.32. The average molecular weight is 426 g/mol. The zero-order chi connectivity index (χ0) is 21.7. The third-order valence-corrected chi connectivity index (χ3v) is 5.37. The molecule has 0 saturated heterocycles. The number of amides is 2. The van der Waals surface area contributed by atoms with Gasteiger partial charge in [-0.2, -0.15) is 0 Å². The molecule has 0 saturated carbocycles. The first-order chi connectivity index (χ1) is 14.4. The number of carbonyl (C=O) groups excluding carboxylic acids is 2. The van der Waals surface area contributed by atoms with Gasteiger partial charge in [0.15, 0.2) is 5.13 Å². The summed E-state index contributed by atoms with van der Waals surface area (Å²) < 4.78 is 10.6. The van der Waals surface area contributed by atoms with E-state index >= 15 is 0 Å². The van der Waals surface area contributed by atoms with Crippen molar-refractivity contribution in [3.63, 3.8) is 0 Å². The van der Waals surface area contributed by atoms with E-state index in [-0.39, 0.29) is 18.4 Å². The van der Waals surface area contributed by atoms with E-state index in [1.54, 1.807) is 38.5 Å². The summed E-state index contributed by atoms with van der Waals surface area (Å²) in [5, 5.41) is 7.58. The number of hydrogen-bond donors (Lipinski definition) is 2. The Kier molecular flexibility index (Phi) is 6.68. The van der Waals surface area contributed by atoms with E-state index in [0.29, 0.717) is 27.9 Å². The highest BCUT2D eigenvalue weighted by atomic mass is 32.1. The molecule has 8 heteroatoms. The second-order valence-electron chi connectivity index (χ2n) is 6.63. The van der Waals surface area contributed by atoms with Crippen molar-refractivity contribution in [2.45, 2.75) is 13.8 Å². The van der Waals surface area contributed by atoms with Gasteiger partial charge in [0.25, 0.3) is 5.91 Å². The fourth-order valence-corrected chi connectivity index (χ4v) is 3.50. The topological polar surface area (TPSA) is 89.5 Å². The van der Waals surface area contributed by atoms with Crippen LogP contribution in [0.4, 0.5) is 5.13 Å². The lowest BCUT2D eigenvalue weighted by atomic mass is 10.1. The number of thiazole rings is 1. The number of nitrogens with one attached hydrogen (secondary N) is 2. The molecule has 0 bridgehead atoms. The van der Waals surface area contributed by atoms with Gasteiger partial charge in [0.2, 0.25) is 5.91 Å². The third-order valence-electron chi connectivity index (χ3n) is 4.61. The first-order valence-corrected chi connectivity index (χ1v) is 10.1. The molecule has 30 heavy (non-hydrogen) atoms. The lowest BCUT2D eigenvalue weighted by Gasteiger charge is -2.08. The van der Waals surface area contributed by atoms with E-state index in [2.05, 4.69) is 15.6 Å². The van der Waals surface area contributed by atoms with Gasteiger partial charge in [-0.05, 0) is 55.3 Å². The first kappa shape index (κ1) is 21.3. The second kappa shape index (κ2) is 9.41. The fourth-order valence-electron chi connectivity index (χ4n) is 2.78. The summed E-state index contributed by atoms with van der Waals surface area (Å²) in [5.41, 5.74) is 4.07. The molecule has 156 valence electrons. The number of aromatic nitrogens is 1. The highest BCUT2D eigenvalue weighted by molar-refractivity contribution is 7.14. The van der Waals surface area contributed by atoms with E-state index in [0.717, 1.165) is 16.7 Å². The molecule has 0 fully saturated rings. The molecular weight excluding hydrogens is 402 g/mol. The van der Waals surface area contributed by atoms with Gasteiger partial charge < -0.3 is 20.1 Å². The molecule has 0 unspecified atom stereocenters. The average Bonchev–Trinajstić information content (AvgIpc) is 3.21. The standard InChI is InChI=1S/C22H23N3O4S/c1-13-5-6-15(9-14(13)2)21(27)23-11-20(26)25-22-24-18(12-30-22)17-10-16(28-3)7-8-19(17)29-4/h5-10,12H,11H2,1-4H3,(H,23,27)(H,24,25,26). The van der Waals surface area contributed by atoms with Crippen molar-refractivity contribution in [2.24, 2.45) is 0 Å². The molecule has 1 heterocycles. The molecule has 0 spiro atoms. The summed E-state index contributed by atoms with van der Waals surface area (Å²) in [5.74, 6) is 0.679. The Hall–Kier alpha value is -3.39. The van der Waals surface area contributed by atoms with Gasteiger partial charge in [0.05, 0.1) is 26.5 Å². The smallest absolute Gasteiger partial charge is 0.251 e. The summed E-state index contributed by atoms with van der Waals surface area (Å²) in [6.07, 6.45) is 0. The Morgan fingerprint density at radius 3 is 2.53 bits per heavy atom. The quantitative estimate of drug-likeness (QED) is 0.601. The Morgan fingerprint density at radius 2 is 1.83 bits per heavy atom. The zero-order valence-corrected chi connectivity index (χ0v) is 18.1. The highest BCUT2D eigenvalue weighted by Gasteiger charge is 2.14. The molecule has 2 aromatic carbocycles. The van der Waals surface area contributed by atoms with Crippen LogP contribution >= 0.6 is 11.3 Å². The van der Waals surface area contributed by atoms with Gasteiger partial charge in [0, 0.05) is 16.5 Å². The molecule has 0 atom stereocenters. The minimum atomic E-state index is -0.356. The predicted molar refractivity (Wildman–Crippen MR) is 118 cm³/mol. The summed E-state index contributed by atoms with van der Waals surface area (Å²) in [7, 11) is 3.17. The van der Waals surface area contributed by atoms with Gasteiger partial charge in [-0.15, -0.1) is 11.3 Å². The number of carbonyl (C=O) groups is 2. The number of nitrogens with zero attached hydrogens (tertiary/aromatic N) is 1. The molecule has 3 aromatic rings. The van der Waals surface area contributed by atoms with Gasteiger partial charge in [-0.25, -0.2) is 4.98 Å². The van der Waals surface area contributed by atoms with Crippen molar-refractivity contribution in [1.82, 2.24) is 10.3 Å². The predicted octanol–water partition coefficient (Wildman–Crippen LogP) is 3.81. The molecule has 7 nitrogen and oxygen atoms in total. The molecule has 2 amide bonds. The normalized spacial score (nSPS) is 10.4. The largest absolute Gasteiger partial charge is 0.497 e. The summed E-state index contributed by atoms with van der Waals surface area (Å²) in [4.78, 5) is 28.9. The van der Waals surface area contributed by atoms with E-state index < -0.39 is 0 Å². The van der Waals surface area contributed by atoms with Gasteiger partial charge >= 0.3 is 0 Å². The Bertz CT molecular complexity index is 1080. The second-order valence-corrected chi connectivity index (χ2v) is 7.49. The Balaban J connectivity index is 1.62.